The summed E-state index contributed by atoms with van der Waals surface area (Å²) in [7, 11) is 0. The number of benzene rings is 2. The summed E-state index contributed by atoms with van der Waals surface area (Å²) in [6, 6.07) is 12.5. The normalized spacial score (nSPS) is 15.6. The van der Waals surface area contributed by atoms with E-state index in [1.54, 1.807) is 25.1 Å². The Morgan fingerprint density at radius 1 is 1.12 bits per heavy atom. The smallest absolute Gasteiger partial charge is 0.335 e. The van der Waals surface area contributed by atoms with Gasteiger partial charge in [-0.2, -0.15) is 5.10 Å². The van der Waals surface area contributed by atoms with Crippen LogP contribution in [0, 0.1) is 29.9 Å². The zero-order valence-electron chi connectivity index (χ0n) is 18.2. The fraction of sp³-hybridized carbons (Fsp3) is 0.208. The number of rotatable bonds is 6. The molecule has 0 radical (unpaired) electrons. The number of nitro groups is 1. The summed E-state index contributed by atoms with van der Waals surface area (Å²) in [5.74, 6) is -0.998. The van der Waals surface area contributed by atoms with E-state index in [9.17, 15) is 19.7 Å². The number of carboxylic acid groups (broad SMARTS) is 1. The lowest BCUT2D eigenvalue weighted by atomic mass is 9.99. The molecule has 1 unspecified atom stereocenters. The summed E-state index contributed by atoms with van der Waals surface area (Å²) in [5, 5.41) is 26.2. The predicted molar refractivity (Wildman–Crippen MR) is 121 cm³/mol. The van der Waals surface area contributed by atoms with Gasteiger partial charge in [0.25, 0.3) is 11.6 Å². The third kappa shape index (κ3) is 4.12. The molecule has 0 fully saturated rings. The highest BCUT2D eigenvalue weighted by molar-refractivity contribution is 6.15. The van der Waals surface area contributed by atoms with Crippen LogP contribution in [-0.2, 0) is 11.2 Å². The standard InChI is InChI=1S/C24H21N3O6/c1-13-10-20(21(27(31)32)11-14(13)2)22-9-8-18(33-22)12-19-15(3)25-26(23(19)28)17-6-4-16(5-7-17)24(29)30/h4-11,19H,12H2,1-3H3,(H,29,30). The van der Waals surface area contributed by atoms with Crippen LogP contribution in [0.15, 0.2) is 58.0 Å². The molecule has 1 amide bonds. The first-order valence-corrected chi connectivity index (χ1v) is 10.2. The summed E-state index contributed by atoms with van der Waals surface area (Å²) >= 11 is 0. The molecule has 9 nitrogen and oxygen atoms in total. The molecule has 0 spiro atoms. The van der Waals surface area contributed by atoms with Gasteiger partial charge in [0, 0.05) is 18.2 Å². The number of carbonyl (C=O) groups excluding carboxylic acids is 1. The molecule has 3 aromatic rings. The van der Waals surface area contributed by atoms with Gasteiger partial charge in [-0.15, -0.1) is 0 Å². The van der Waals surface area contributed by atoms with Crippen molar-refractivity contribution in [2.24, 2.45) is 11.0 Å². The van der Waals surface area contributed by atoms with Gasteiger partial charge in [-0.1, -0.05) is 0 Å². The molecule has 1 N–H and O–H groups in total. The van der Waals surface area contributed by atoms with E-state index in [0.717, 1.165) is 11.1 Å². The lowest BCUT2D eigenvalue weighted by Crippen LogP contribution is -2.28. The van der Waals surface area contributed by atoms with Gasteiger partial charge in [-0.25, -0.2) is 9.80 Å². The molecule has 2 aromatic carbocycles. The number of amides is 1. The van der Waals surface area contributed by atoms with Gasteiger partial charge in [0.2, 0.25) is 0 Å². The number of aryl methyl sites for hydroxylation is 2. The second-order valence-electron chi connectivity index (χ2n) is 7.98. The highest BCUT2D eigenvalue weighted by Crippen LogP contribution is 2.35. The molecule has 4 rings (SSSR count). The highest BCUT2D eigenvalue weighted by Gasteiger charge is 2.35. The third-order valence-electron chi connectivity index (χ3n) is 5.77. The second kappa shape index (κ2) is 8.34. The first-order valence-electron chi connectivity index (χ1n) is 10.2. The molecule has 1 aromatic heterocycles. The number of carboxylic acids is 1. The van der Waals surface area contributed by atoms with Crippen molar-refractivity contribution >= 4 is 29.0 Å². The Bertz CT molecular complexity index is 1310. The molecule has 0 saturated heterocycles. The number of furan rings is 1. The van der Waals surface area contributed by atoms with Gasteiger partial charge < -0.3 is 9.52 Å². The number of hydrogen-bond acceptors (Lipinski definition) is 6. The fourth-order valence-corrected chi connectivity index (χ4v) is 3.75. The Morgan fingerprint density at radius 2 is 1.79 bits per heavy atom. The maximum absolute atomic E-state index is 13.0. The number of hydrogen-bond donors (Lipinski definition) is 1. The van der Waals surface area contributed by atoms with E-state index in [1.807, 2.05) is 13.8 Å². The SMILES string of the molecule is CC1=NN(c2ccc(C(=O)O)cc2)C(=O)C1Cc1ccc(-c2cc(C)c(C)cc2[N+](=O)[O-])o1. The Kier molecular flexibility index (Phi) is 5.55. The number of anilines is 1. The molecule has 9 heteroatoms. The van der Waals surface area contributed by atoms with Crippen LogP contribution in [0.3, 0.4) is 0 Å². The molecule has 1 aliphatic rings. The van der Waals surface area contributed by atoms with Gasteiger partial charge in [0.1, 0.15) is 11.5 Å². The van der Waals surface area contributed by atoms with Crippen molar-refractivity contribution in [2.75, 3.05) is 5.01 Å². The predicted octanol–water partition coefficient (Wildman–Crippen LogP) is 4.75. The van der Waals surface area contributed by atoms with Crippen LogP contribution in [0.25, 0.3) is 11.3 Å². The summed E-state index contributed by atoms with van der Waals surface area (Å²) in [5.41, 5.74) is 3.26. The molecule has 0 bridgehead atoms. The molecule has 168 valence electrons. The summed E-state index contributed by atoms with van der Waals surface area (Å²) in [6.07, 6.45) is 0.247. The van der Waals surface area contributed by atoms with Crippen LogP contribution < -0.4 is 5.01 Å². The lowest BCUT2D eigenvalue weighted by molar-refractivity contribution is -0.384. The van der Waals surface area contributed by atoms with E-state index in [1.165, 1.54) is 35.3 Å². The van der Waals surface area contributed by atoms with Crippen molar-refractivity contribution in [1.82, 2.24) is 0 Å². The zero-order chi connectivity index (χ0) is 23.9. The van der Waals surface area contributed by atoms with Crippen molar-refractivity contribution in [2.45, 2.75) is 27.2 Å². The monoisotopic (exact) mass is 447 g/mol. The average molecular weight is 447 g/mol. The van der Waals surface area contributed by atoms with Crippen LogP contribution in [0.5, 0.6) is 0 Å². The van der Waals surface area contributed by atoms with E-state index in [0.29, 0.717) is 28.5 Å². The molecule has 0 saturated carbocycles. The number of nitrogens with zero attached hydrogens (tertiary/aromatic N) is 3. The van der Waals surface area contributed by atoms with E-state index < -0.39 is 16.8 Å². The van der Waals surface area contributed by atoms with Gasteiger partial charge in [0.05, 0.1) is 27.7 Å². The summed E-state index contributed by atoms with van der Waals surface area (Å²) < 4.78 is 5.90. The largest absolute Gasteiger partial charge is 0.478 e. The van der Waals surface area contributed by atoms with Crippen molar-refractivity contribution in [3.8, 4) is 11.3 Å². The van der Waals surface area contributed by atoms with Gasteiger partial charge in [-0.3, -0.25) is 14.9 Å². The van der Waals surface area contributed by atoms with E-state index in [2.05, 4.69) is 5.10 Å². The third-order valence-corrected chi connectivity index (χ3v) is 5.77. The van der Waals surface area contributed by atoms with Crippen molar-refractivity contribution in [3.05, 3.63) is 81.1 Å². The van der Waals surface area contributed by atoms with Crippen LogP contribution in [0.2, 0.25) is 0 Å². The maximum Gasteiger partial charge on any atom is 0.335 e. The molecule has 2 heterocycles. The maximum atomic E-state index is 13.0. The Balaban J connectivity index is 1.56. The highest BCUT2D eigenvalue weighted by atomic mass is 16.6. The van der Waals surface area contributed by atoms with Crippen LogP contribution >= 0.6 is 0 Å². The Hall–Kier alpha value is -4.27. The number of hydrazone groups is 1. The lowest BCUT2D eigenvalue weighted by Gasteiger charge is -2.14. The molecule has 1 aliphatic heterocycles. The van der Waals surface area contributed by atoms with Gasteiger partial charge >= 0.3 is 5.97 Å². The fourth-order valence-electron chi connectivity index (χ4n) is 3.75. The Morgan fingerprint density at radius 3 is 2.42 bits per heavy atom. The topological polar surface area (TPSA) is 126 Å². The first kappa shape index (κ1) is 21.9. The van der Waals surface area contributed by atoms with Crippen LogP contribution in [-0.4, -0.2) is 27.6 Å². The van der Waals surface area contributed by atoms with Gasteiger partial charge in [-0.05, 0) is 74.4 Å². The quantitative estimate of drug-likeness (QED) is 0.429. The minimum atomic E-state index is -1.05. The van der Waals surface area contributed by atoms with Crippen molar-refractivity contribution in [3.63, 3.8) is 0 Å². The summed E-state index contributed by atoms with van der Waals surface area (Å²) in [4.78, 5) is 35.1. The number of nitro benzene ring substituents is 1. The molecule has 33 heavy (non-hydrogen) atoms. The van der Waals surface area contributed by atoms with Crippen molar-refractivity contribution < 1.29 is 24.0 Å². The number of aromatic carboxylic acids is 1. The van der Waals surface area contributed by atoms with Gasteiger partial charge in [0.15, 0.2) is 0 Å². The number of carbonyl (C=O) groups is 2. The Labute approximate surface area is 189 Å². The second-order valence-corrected chi connectivity index (χ2v) is 7.98. The molecule has 0 aliphatic carbocycles. The van der Waals surface area contributed by atoms with E-state index in [-0.39, 0.29) is 23.6 Å². The van der Waals surface area contributed by atoms with Crippen LogP contribution in [0.4, 0.5) is 11.4 Å². The average Bonchev–Trinajstić information content (AvgIpc) is 3.35. The minimum absolute atomic E-state index is 0.0373. The first-order chi connectivity index (χ1) is 15.7. The van der Waals surface area contributed by atoms with E-state index >= 15 is 0 Å². The minimum Gasteiger partial charge on any atom is -0.478 e. The van der Waals surface area contributed by atoms with Crippen LogP contribution in [0.1, 0.15) is 34.2 Å². The summed E-state index contributed by atoms with van der Waals surface area (Å²) in [6.45, 7) is 5.43. The molecule has 1 atom stereocenters. The zero-order valence-corrected chi connectivity index (χ0v) is 18.2. The molecular weight excluding hydrogens is 426 g/mol. The van der Waals surface area contributed by atoms with E-state index in [4.69, 9.17) is 9.52 Å². The van der Waals surface area contributed by atoms with Crippen molar-refractivity contribution in [1.29, 1.82) is 0 Å². The molecular formula is C24H21N3O6.